The number of fused-ring (bicyclic) bond motifs is 6. The number of aromatic nitrogens is 2. The molecule has 3 heteroatoms. The molecule has 0 spiro atoms. The van der Waals surface area contributed by atoms with Gasteiger partial charge in [-0.3, -0.25) is 0 Å². The Morgan fingerprint density at radius 3 is 1.19 bits per heavy atom. The van der Waals surface area contributed by atoms with Crippen molar-refractivity contribution in [2.75, 3.05) is 4.90 Å². The highest BCUT2D eigenvalue weighted by Gasteiger charge is 2.49. The van der Waals surface area contributed by atoms with Crippen molar-refractivity contribution in [2.24, 2.45) is 0 Å². The van der Waals surface area contributed by atoms with Crippen LogP contribution in [0.25, 0.3) is 89.8 Å². The molecule has 0 atom stereocenters. The molecule has 2 aliphatic carbocycles. The first-order chi connectivity index (χ1) is 37.8. The topological polar surface area (TPSA) is 13.1 Å². The first-order valence-electron chi connectivity index (χ1n) is 26.9. The first-order valence-corrected chi connectivity index (χ1v) is 26.9. The third-order valence-corrected chi connectivity index (χ3v) is 16.5. The summed E-state index contributed by atoms with van der Waals surface area (Å²) in [6, 6.07) is 100. The van der Waals surface area contributed by atoms with E-state index in [-0.39, 0.29) is 5.41 Å². The van der Waals surface area contributed by atoms with Crippen LogP contribution in [-0.4, -0.2) is 9.13 Å². The van der Waals surface area contributed by atoms with Crippen LogP contribution in [0.15, 0.2) is 273 Å². The van der Waals surface area contributed by atoms with Crippen LogP contribution in [0.5, 0.6) is 0 Å². The second kappa shape index (κ2) is 18.1. The number of hydrogen-bond donors (Lipinski definition) is 0. The van der Waals surface area contributed by atoms with Gasteiger partial charge in [0.15, 0.2) is 0 Å². The molecule has 0 aliphatic heterocycles. The minimum atomic E-state index is -0.480. The van der Waals surface area contributed by atoms with Gasteiger partial charge in [-0.15, -0.1) is 0 Å². The highest BCUT2D eigenvalue weighted by Crippen LogP contribution is 2.63. The molecule has 2 heterocycles. The van der Waals surface area contributed by atoms with Crippen LogP contribution in [0, 0.1) is 0 Å². The minimum absolute atomic E-state index is 0.162. The number of nitrogens with zero attached hydrogens (tertiary/aromatic N) is 3. The summed E-state index contributed by atoms with van der Waals surface area (Å²) in [5.41, 5.74) is 27.2. The molecule has 0 fully saturated rings. The van der Waals surface area contributed by atoms with E-state index in [4.69, 9.17) is 0 Å². The van der Waals surface area contributed by atoms with Gasteiger partial charge < -0.3 is 14.0 Å². The average molecular weight is 988 g/mol. The Bertz CT molecular complexity index is 4150. The molecule has 368 valence electrons. The van der Waals surface area contributed by atoms with E-state index in [9.17, 15) is 0 Å². The fourth-order valence-corrected chi connectivity index (χ4v) is 13.1. The van der Waals surface area contributed by atoms with Crippen molar-refractivity contribution in [1.29, 1.82) is 0 Å². The van der Waals surface area contributed by atoms with Crippen LogP contribution in [0.1, 0.15) is 49.9 Å². The highest BCUT2D eigenvalue weighted by molar-refractivity contribution is 6.03. The van der Waals surface area contributed by atoms with Crippen molar-refractivity contribution in [3.05, 3.63) is 295 Å². The van der Waals surface area contributed by atoms with Gasteiger partial charge in [0.05, 0.1) is 28.5 Å². The van der Waals surface area contributed by atoms with Gasteiger partial charge in [0.2, 0.25) is 0 Å². The maximum atomic E-state index is 2.58. The number of rotatable bonds is 10. The SMILES string of the molecule is CC1(C)c2ccccc2-c2ccc(N(c3ccc(-c4c5c(n(-c6ccccc6)c4-c4ccccc4)-c4c(c(-c6ccccc6)c(-c6ccccc6)n4-c4ccccc4)C5(C)C)cc3)c3ccccc3-c3ccccc3)cc21. The van der Waals surface area contributed by atoms with Gasteiger partial charge in [-0.1, -0.05) is 246 Å². The van der Waals surface area contributed by atoms with Crippen molar-refractivity contribution < 1.29 is 0 Å². The Hall–Kier alpha value is -9.44. The molecule has 2 aromatic heterocycles. The molecule has 10 aromatic carbocycles. The maximum absolute atomic E-state index is 2.58. The Labute approximate surface area is 452 Å². The van der Waals surface area contributed by atoms with Crippen molar-refractivity contribution in [1.82, 2.24) is 9.13 Å². The summed E-state index contributed by atoms with van der Waals surface area (Å²) >= 11 is 0. The smallest absolute Gasteiger partial charge is 0.0754 e. The standard InChI is InChI=1S/C74H57N3/c1-73(2)62-41-25-23-40-60(62)61-48-47-58(49-63(61)73)75(64-42-26-24-39-59(64)50-27-11-5-12-28-50)57-45-43-52(44-46-57)66-68-72(77(56-37-21-10-22-38-56)70(66)54-33-17-8-18-34-54)71-67(74(68,3)4)65(51-29-13-6-14-30-51)69(53-31-15-7-16-32-53)76(71)55-35-19-9-20-36-55/h5-49H,1-4H3. The Kier molecular flexibility index (Phi) is 10.9. The number of hydrogen-bond acceptors (Lipinski definition) is 1. The summed E-state index contributed by atoms with van der Waals surface area (Å²) in [6.45, 7) is 9.67. The fraction of sp³-hybridized carbons (Fsp3) is 0.0811. The molecular weight excluding hydrogens is 931 g/mol. The van der Waals surface area contributed by atoms with Crippen molar-refractivity contribution in [3.63, 3.8) is 0 Å². The lowest BCUT2D eigenvalue weighted by Gasteiger charge is -2.30. The third-order valence-electron chi connectivity index (χ3n) is 16.5. The van der Waals surface area contributed by atoms with Crippen molar-refractivity contribution >= 4 is 17.1 Å². The second-order valence-electron chi connectivity index (χ2n) is 21.6. The molecule has 2 aliphatic rings. The van der Waals surface area contributed by atoms with E-state index in [1.165, 1.54) is 89.5 Å². The molecule has 14 rings (SSSR count). The van der Waals surface area contributed by atoms with Crippen LogP contribution in [-0.2, 0) is 10.8 Å². The van der Waals surface area contributed by atoms with Gasteiger partial charge >= 0.3 is 0 Å². The molecule has 0 N–H and O–H groups in total. The van der Waals surface area contributed by atoms with E-state index in [1.54, 1.807) is 0 Å². The van der Waals surface area contributed by atoms with Crippen LogP contribution in [0.2, 0.25) is 0 Å². The molecule has 0 unspecified atom stereocenters. The predicted octanol–water partition coefficient (Wildman–Crippen LogP) is 19.7. The van der Waals surface area contributed by atoms with E-state index < -0.39 is 5.41 Å². The normalized spacial score (nSPS) is 13.4. The third kappa shape index (κ3) is 7.25. The zero-order valence-electron chi connectivity index (χ0n) is 43.8. The number of anilines is 3. The van der Waals surface area contributed by atoms with Crippen molar-refractivity contribution in [3.8, 4) is 89.8 Å². The maximum Gasteiger partial charge on any atom is 0.0754 e. The average Bonchev–Trinajstić information content (AvgIpc) is 4.16. The molecule has 12 aromatic rings. The summed E-state index contributed by atoms with van der Waals surface area (Å²) in [5, 5.41) is 0. The Morgan fingerprint density at radius 2 is 0.675 bits per heavy atom. The van der Waals surface area contributed by atoms with E-state index in [0.29, 0.717) is 0 Å². The van der Waals surface area contributed by atoms with E-state index >= 15 is 0 Å². The molecule has 0 saturated carbocycles. The van der Waals surface area contributed by atoms with E-state index in [1.807, 2.05) is 0 Å². The van der Waals surface area contributed by atoms with Crippen LogP contribution in [0.4, 0.5) is 17.1 Å². The minimum Gasteiger partial charge on any atom is -0.310 e. The molecule has 0 bridgehead atoms. The molecule has 3 nitrogen and oxygen atoms in total. The number of para-hydroxylation sites is 3. The summed E-state index contributed by atoms with van der Waals surface area (Å²) in [6.07, 6.45) is 0. The Balaban J connectivity index is 1.05. The Morgan fingerprint density at radius 1 is 0.286 bits per heavy atom. The van der Waals surface area contributed by atoms with Crippen LogP contribution >= 0.6 is 0 Å². The van der Waals surface area contributed by atoms with Gasteiger partial charge in [0.1, 0.15) is 0 Å². The monoisotopic (exact) mass is 987 g/mol. The van der Waals surface area contributed by atoms with Crippen molar-refractivity contribution in [2.45, 2.75) is 38.5 Å². The van der Waals surface area contributed by atoms with E-state index in [2.05, 4.69) is 315 Å². The lowest BCUT2D eigenvalue weighted by molar-refractivity contribution is 0.660. The zero-order valence-corrected chi connectivity index (χ0v) is 43.8. The molecule has 0 radical (unpaired) electrons. The van der Waals surface area contributed by atoms with Gasteiger partial charge in [0.25, 0.3) is 0 Å². The quantitative estimate of drug-likeness (QED) is 0.133. The van der Waals surface area contributed by atoms with E-state index in [0.717, 1.165) is 39.6 Å². The van der Waals surface area contributed by atoms with Gasteiger partial charge in [0, 0.05) is 50.3 Å². The molecule has 0 saturated heterocycles. The summed E-state index contributed by atoms with van der Waals surface area (Å²) in [7, 11) is 0. The summed E-state index contributed by atoms with van der Waals surface area (Å²) in [4.78, 5) is 2.48. The van der Waals surface area contributed by atoms with Gasteiger partial charge in [-0.05, 0) is 116 Å². The molecule has 77 heavy (non-hydrogen) atoms. The van der Waals surface area contributed by atoms with Crippen LogP contribution in [0.3, 0.4) is 0 Å². The zero-order chi connectivity index (χ0) is 51.8. The predicted molar refractivity (Wildman–Crippen MR) is 322 cm³/mol. The van der Waals surface area contributed by atoms with Gasteiger partial charge in [-0.2, -0.15) is 0 Å². The number of benzene rings is 10. The lowest BCUT2D eigenvalue weighted by atomic mass is 9.76. The van der Waals surface area contributed by atoms with Gasteiger partial charge in [-0.25, -0.2) is 0 Å². The van der Waals surface area contributed by atoms with Crippen LogP contribution < -0.4 is 4.90 Å². The summed E-state index contributed by atoms with van der Waals surface area (Å²) < 4.78 is 5.15. The fourth-order valence-electron chi connectivity index (χ4n) is 13.1. The molecular formula is C74H57N3. The summed E-state index contributed by atoms with van der Waals surface area (Å²) in [5.74, 6) is 0. The lowest BCUT2D eigenvalue weighted by Crippen LogP contribution is -2.17. The highest BCUT2D eigenvalue weighted by atomic mass is 15.1. The first kappa shape index (κ1) is 46.1. The second-order valence-corrected chi connectivity index (χ2v) is 21.6. The molecule has 0 amide bonds. The largest absolute Gasteiger partial charge is 0.310 e.